The summed E-state index contributed by atoms with van der Waals surface area (Å²) in [5.74, 6) is -0.971. The number of rotatable bonds is 8. The van der Waals surface area contributed by atoms with Crippen molar-refractivity contribution >= 4 is 30.2 Å². The van der Waals surface area contributed by atoms with E-state index in [-0.39, 0.29) is 37.9 Å². The van der Waals surface area contributed by atoms with Gasteiger partial charge in [-0.2, -0.15) is 0 Å². The van der Waals surface area contributed by atoms with Crippen molar-refractivity contribution < 1.29 is 38.1 Å². The van der Waals surface area contributed by atoms with E-state index in [9.17, 15) is 19.2 Å². The number of benzene rings is 2. The fraction of sp³-hybridized carbons (Fsp3) is 0.469. The van der Waals surface area contributed by atoms with Crippen LogP contribution in [0.1, 0.15) is 71.4 Å². The Labute approximate surface area is 257 Å². The van der Waals surface area contributed by atoms with Crippen LogP contribution in [0.4, 0.5) is 14.4 Å². The molecule has 3 rings (SSSR count). The van der Waals surface area contributed by atoms with E-state index in [0.717, 1.165) is 22.3 Å². The molecule has 0 fully saturated rings. The second kappa shape index (κ2) is 14.7. The average Bonchev–Trinajstić information content (AvgIpc) is 3.24. The van der Waals surface area contributed by atoms with Crippen molar-refractivity contribution in [2.24, 2.45) is 4.99 Å². The van der Waals surface area contributed by atoms with E-state index < -0.39 is 41.5 Å². The minimum absolute atomic E-state index is 0.0702. The molecular formula is C32H42N4O8. The Morgan fingerprint density at radius 1 is 0.795 bits per heavy atom. The van der Waals surface area contributed by atoms with Crippen LogP contribution in [0.3, 0.4) is 0 Å². The summed E-state index contributed by atoms with van der Waals surface area (Å²) in [6.07, 6.45) is -1.98. The summed E-state index contributed by atoms with van der Waals surface area (Å²) in [4.78, 5) is 54.0. The lowest BCUT2D eigenvalue weighted by Crippen LogP contribution is -2.47. The summed E-state index contributed by atoms with van der Waals surface area (Å²) in [7, 11) is 1.22. The fourth-order valence-electron chi connectivity index (χ4n) is 4.57. The Bertz CT molecular complexity index is 1300. The zero-order chi connectivity index (χ0) is 32.5. The molecule has 1 aliphatic rings. The second-order valence-corrected chi connectivity index (χ2v) is 12.2. The number of nitrogens with one attached hydrogen (secondary N) is 3. The zero-order valence-electron chi connectivity index (χ0n) is 26.3. The molecule has 1 atom stereocenters. The molecule has 1 aliphatic carbocycles. The van der Waals surface area contributed by atoms with Crippen molar-refractivity contribution in [1.82, 2.24) is 16.0 Å². The van der Waals surface area contributed by atoms with Gasteiger partial charge in [0.25, 0.3) is 0 Å². The average molecular weight is 611 g/mol. The topological polar surface area (TPSA) is 154 Å². The van der Waals surface area contributed by atoms with Crippen molar-refractivity contribution in [3.63, 3.8) is 0 Å². The molecule has 0 aromatic heterocycles. The highest BCUT2D eigenvalue weighted by molar-refractivity contribution is 6.01. The molecule has 2 aromatic carbocycles. The molecule has 2 aromatic rings. The standard InChI is InChI=1S/C32H42N4O8/c1-31(2,3)43-29(39)35-27(36-30(40)44-32(4,5)6)33-18-12-17-25(26(37)41-7)34-28(38)42-19-24-22-15-10-8-13-20(22)21-14-9-11-16-23(21)24/h8-11,13-16,24-25H,12,17-19H2,1-7H3,(H,34,38)(H2,33,35,36,39,40). The van der Waals surface area contributed by atoms with Gasteiger partial charge in [-0.1, -0.05) is 48.5 Å². The summed E-state index contributed by atoms with van der Waals surface area (Å²) in [6.45, 7) is 10.3. The van der Waals surface area contributed by atoms with Gasteiger partial charge in [0.15, 0.2) is 0 Å². The van der Waals surface area contributed by atoms with Crippen molar-refractivity contribution in [2.45, 2.75) is 77.5 Å². The molecule has 12 heteroatoms. The first-order valence-corrected chi connectivity index (χ1v) is 14.4. The van der Waals surface area contributed by atoms with Gasteiger partial charge >= 0.3 is 24.2 Å². The van der Waals surface area contributed by atoms with Crippen molar-refractivity contribution in [2.75, 3.05) is 20.3 Å². The van der Waals surface area contributed by atoms with Crippen molar-refractivity contribution in [1.29, 1.82) is 0 Å². The number of esters is 1. The van der Waals surface area contributed by atoms with Crippen LogP contribution in [0.25, 0.3) is 11.1 Å². The predicted molar refractivity (Wildman–Crippen MR) is 164 cm³/mol. The maximum Gasteiger partial charge on any atom is 0.414 e. The fourth-order valence-corrected chi connectivity index (χ4v) is 4.57. The highest BCUT2D eigenvalue weighted by Crippen LogP contribution is 2.44. The second-order valence-electron chi connectivity index (χ2n) is 12.2. The minimum atomic E-state index is -1.01. The van der Waals surface area contributed by atoms with E-state index in [1.54, 1.807) is 41.5 Å². The van der Waals surface area contributed by atoms with Crippen LogP contribution in [-0.4, -0.2) is 67.7 Å². The number of hydrogen-bond donors (Lipinski definition) is 3. The van der Waals surface area contributed by atoms with Crippen molar-refractivity contribution in [3.05, 3.63) is 59.7 Å². The maximum absolute atomic E-state index is 12.8. The Morgan fingerprint density at radius 2 is 1.30 bits per heavy atom. The lowest BCUT2D eigenvalue weighted by Gasteiger charge is -2.22. The third kappa shape index (κ3) is 10.3. The number of fused-ring (bicyclic) bond motifs is 3. The monoisotopic (exact) mass is 610 g/mol. The molecule has 0 heterocycles. The van der Waals surface area contributed by atoms with Gasteiger partial charge in [-0.15, -0.1) is 0 Å². The molecule has 44 heavy (non-hydrogen) atoms. The summed E-state index contributed by atoms with van der Waals surface area (Å²) in [5, 5.41) is 7.38. The molecule has 0 bridgehead atoms. The Hall–Kier alpha value is -4.61. The number of amides is 3. The van der Waals surface area contributed by atoms with Gasteiger partial charge in [0.05, 0.1) is 7.11 Å². The van der Waals surface area contributed by atoms with Crippen molar-refractivity contribution in [3.8, 4) is 11.1 Å². The molecule has 0 radical (unpaired) electrons. The molecule has 0 saturated heterocycles. The summed E-state index contributed by atoms with van der Waals surface area (Å²) < 4.78 is 20.9. The van der Waals surface area contributed by atoms with E-state index in [2.05, 4.69) is 20.9 Å². The molecule has 0 saturated carbocycles. The first kappa shape index (κ1) is 33.9. The van der Waals surface area contributed by atoms with Crippen LogP contribution >= 0.6 is 0 Å². The van der Waals surface area contributed by atoms with Gasteiger partial charge in [0, 0.05) is 12.5 Å². The number of carbonyl (C=O) groups is 4. The number of guanidine groups is 1. The predicted octanol–water partition coefficient (Wildman–Crippen LogP) is 5.25. The number of hydrogen-bond acceptors (Lipinski definition) is 9. The summed E-state index contributed by atoms with van der Waals surface area (Å²) in [5.41, 5.74) is 2.79. The van der Waals surface area contributed by atoms with Crippen LogP contribution in [0, 0.1) is 0 Å². The van der Waals surface area contributed by atoms with E-state index >= 15 is 0 Å². The lowest BCUT2D eigenvalue weighted by atomic mass is 9.98. The van der Waals surface area contributed by atoms with Crippen LogP contribution in [0.5, 0.6) is 0 Å². The van der Waals surface area contributed by atoms with Gasteiger partial charge in [-0.3, -0.25) is 15.6 Å². The first-order valence-electron chi connectivity index (χ1n) is 14.4. The van der Waals surface area contributed by atoms with Crippen LogP contribution in [0.2, 0.25) is 0 Å². The Balaban J connectivity index is 1.59. The van der Waals surface area contributed by atoms with Gasteiger partial charge in [0.2, 0.25) is 5.96 Å². The van der Waals surface area contributed by atoms with E-state index in [1.807, 2.05) is 48.5 Å². The van der Waals surface area contributed by atoms with Gasteiger partial charge in [-0.05, 0) is 76.6 Å². The zero-order valence-corrected chi connectivity index (χ0v) is 26.3. The quantitative estimate of drug-likeness (QED) is 0.120. The maximum atomic E-state index is 12.8. The largest absolute Gasteiger partial charge is 0.467 e. The Kier molecular flexibility index (Phi) is 11.3. The van der Waals surface area contributed by atoms with Crippen LogP contribution in [0.15, 0.2) is 53.5 Å². The third-order valence-corrected chi connectivity index (χ3v) is 6.28. The van der Waals surface area contributed by atoms with Gasteiger partial charge in [0.1, 0.15) is 23.9 Å². The number of nitrogens with zero attached hydrogens (tertiary/aromatic N) is 1. The number of methoxy groups -OCH3 is 1. The SMILES string of the molecule is COC(=O)C(CCCN=C(NC(=O)OC(C)(C)C)NC(=O)OC(C)(C)C)NC(=O)OCC1c2ccccc2-c2ccccc21. The molecule has 0 spiro atoms. The van der Waals surface area contributed by atoms with Crippen LogP contribution < -0.4 is 16.0 Å². The molecule has 3 N–H and O–H groups in total. The van der Waals surface area contributed by atoms with Gasteiger partial charge in [-0.25, -0.2) is 19.2 Å². The molecule has 1 unspecified atom stereocenters. The van der Waals surface area contributed by atoms with E-state index in [1.165, 1.54) is 7.11 Å². The highest BCUT2D eigenvalue weighted by Gasteiger charge is 2.30. The first-order chi connectivity index (χ1) is 20.7. The molecular weight excluding hydrogens is 568 g/mol. The number of carbonyl (C=O) groups excluding carboxylic acids is 4. The van der Waals surface area contributed by atoms with E-state index in [0.29, 0.717) is 0 Å². The number of ether oxygens (including phenoxy) is 4. The highest BCUT2D eigenvalue weighted by atomic mass is 16.6. The molecule has 3 amide bonds. The summed E-state index contributed by atoms with van der Waals surface area (Å²) in [6, 6.07) is 15.0. The van der Waals surface area contributed by atoms with Gasteiger partial charge < -0.3 is 24.3 Å². The Morgan fingerprint density at radius 3 is 1.77 bits per heavy atom. The molecule has 12 nitrogen and oxygen atoms in total. The molecule has 238 valence electrons. The third-order valence-electron chi connectivity index (χ3n) is 6.28. The molecule has 0 aliphatic heterocycles. The normalized spacial score (nSPS) is 13.0. The number of aliphatic imine (C=N–C) groups is 1. The van der Waals surface area contributed by atoms with E-state index in [4.69, 9.17) is 18.9 Å². The van der Waals surface area contributed by atoms with Crippen LogP contribution in [-0.2, 0) is 23.7 Å². The summed E-state index contributed by atoms with van der Waals surface area (Å²) >= 11 is 0. The lowest BCUT2D eigenvalue weighted by molar-refractivity contribution is -0.143. The minimum Gasteiger partial charge on any atom is -0.467 e. The number of alkyl carbamates (subject to hydrolysis) is 3. The smallest absolute Gasteiger partial charge is 0.414 e.